The number of fused-ring (bicyclic) bond motifs is 1. The molecule has 0 aliphatic heterocycles. The van der Waals surface area contributed by atoms with E-state index in [2.05, 4.69) is 55.9 Å². The first-order valence-electron chi connectivity index (χ1n) is 6.04. The molecule has 3 nitrogen and oxygen atoms in total. The van der Waals surface area contributed by atoms with Gasteiger partial charge in [-0.3, -0.25) is 4.98 Å². The Labute approximate surface area is 103 Å². The van der Waals surface area contributed by atoms with Crippen LogP contribution in [-0.4, -0.2) is 14.4 Å². The highest BCUT2D eigenvalue weighted by molar-refractivity contribution is 5.49. The zero-order valence-corrected chi connectivity index (χ0v) is 11.6. The maximum atomic E-state index is 4.63. The topological polar surface area (TPSA) is 30.2 Å². The third-order valence-electron chi connectivity index (χ3n) is 2.91. The first kappa shape index (κ1) is 12.1. The fourth-order valence-electron chi connectivity index (χ4n) is 2.00. The lowest BCUT2D eigenvalue weighted by Crippen LogP contribution is -2.21. The summed E-state index contributed by atoms with van der Waals surface area (Å²) in [7, 11) is 0. The predicted molar refractivity (Wildman–Crippen MR) is 70.4 cm³/mol. The van der Waals surface area contributed by atoms with Crippen molar-refractivity contribution < 1.29 is 0 Å². The van der Waals surface area contributed by atoms with Gasteiger partial charge in [0.25, 0.3) is 0 Å². The van der Waals surface area contributed by atoms with Gasteiger partial charge in [-0.15, -0.1) is 0 Å². The molecule has 92 valence electrons. The van der Waals surface area contributed by atoms with E-state index in [1.165, 1.54) is 5.69 Å². The highest BCUT2D eigenvalue weighted by Crippen LogP contribution is 2.28. The molecule has 0 fully saturated rings. The van der Waals surface area contributed by atoms with Crippen molar-refractivity contribution >= 4 is 5.65 Å². The van der Waals surface area contributed by atoms with Gasteiger partial charge in [0.1, 0.15) is 0 Å². The van der Waals surface area contributed by atoms with E-state index in [4.69, 9.17) is 0 Å². The highest BCUT2D eigenvalue weighted by atomic mass is 15.0. The third-order valence-corrected chi connectivity index (χ3v) is 2.91. The fraction of sp³-hybridized carbons (Fsp3) is 0.571. The van der Waals surface area contributed by atoms with Crippen LogP contribution in [0.25, 0.3) is 5.65 Å². The minimum atomic E-state index is 0.0169. The van der Waals surface area contributed by atoms with Crippen LogP contribution in [0.5, 0.6) is 0 Å². The van der Waals surface area contributed by atoms with E-state index >= 15 is 0 Å². The minimum absolute atomic E-state index is 0.0169. The van der Waals surface area contributed by atoms with E-state index in [1.807, 2.05) is 18.6 Å². The number of hydrogen-bond donors (Lipinski definition) is 0. The van der Waals surface area contributed by atoms with E-state index in [9.17, 15) is 0 Å². The second-order valence-corrected chi connectivity index (χ2v) is 6.61. The molecule has 0 bridgehead atoms. The molecule has 0 aliphatic rings. The van der Waals surface area contributed by atoms with Crippen LogP contribution in [0.4, 0.5) is 0 Å². The van der Waals surface area contributed by atoms with Crippen molar-refractivity contribution in [3.05, 3.63) is 30.0 Å². The molecule has 0 saturated heterocycles. The Morgan fingerprint density at radius 3 is 2.12 bits per heavy atom. The monoisotopic (exact) mass is 231 g/mol. The van der Waals surface area contributed by atoms with Crippen molar-refractivity contribution in [1.29, 1.82) is 0 Å². The van der Waals surface area contributed by atoms with Gasteiger partial charge in [-0.05, 0) is 0 Å². The summed E-state index contributed by atoms with van der Waals surface area (Å²) in [6.45, 7) is 13.1. The molecule has 3 heteroatoms. The molecule has 2 rings (SSSR count). The van der Waals surface area contributed by atoms with Crippen LogP contribution in [0, 0.1) is 0 Å². The molecule has 0 aliphatic carbocycles. The molecule has 0 unspecified atom stereocenters. The smallest absolute Gasteiger partial charge is 0.159 e. The average molecular weight is 231 g/mol. The Kier molecular flexibility index (Phi) is 2.53. The Morgan fingerprint density at radius 1 is 0.941 bits per heavy atom. The molecule has 0 N–H and O–H groups in total. The van der Waals surface area contributed by atoms with Gasteiger partial charge >= 0.3 is 0 Å². The number of hydrogen-bond acceptors (Lipinski definition) is 2. The third kappa shape index (κ3) is 2.06. The SMILES string of the molecule is CC(C)(C)c1ncc(C(C)(C)C)n2ccnc12. The number of nitrogens with zero attached hydrogens (tertiary/aromatic N) is 3. The van der Waals surface area contributed by atoms with Crippen LogP contribution in [0.3, 0.4) is 0 Å². The molecule has 0 aromatic carbocycles. The van der Waals surface area contributed by atoms with Gasteiger partial charge in [0, 0.05) is 35.1 Å². The van der Waals surface area contributed by atoms with E-state index < -0.39 is 0 Å². The van der Waals surface area contributed by atoms with Crippen molar-refractivity contribution in [1.82, 2.24) is 14.4 Å². The molecule has 2 aromatic rings. The van der Waals surface area contributed by atoms with Gasteiger partial charge in [-0.1, -0.05) is 41.5 Å². The fourth-order valence-corrected chi connectivity index (χ4v) is 2.00. The molecule has 2 aromatic heterocycles. The van der Waals surface area contributed by atoms with E-state index in [1.54, 1.807) is 0 Å². The summed E-state index contributed by atoms with van der Waals surface area (Å²) in [4.78, 5) is 9.09. The Morgan fingerprint density at radius 2 is 1.59 bits per heavy atom. The van der Waals surface area contributed by atoms with Crippen molar-refractivity contribution in [3.63, 3.8) is 0 Å². The van der Waals surface area contributed by atoms with Gasteiger partial charge in [0.05, 0.1) is 5.69 Å². The van der Waals surface area contributed by atoms with Gasteiger partial charge in [-0.2, -0.15) is 0 Å². The molecule has 2 heterocycles. The lowest BCUT2D eigenvalue weighted by molar-refractivity contribution is 0.538. The quantitative estimate of drug-likeness (QED) is 0.696. The first-order valence-corrected chi connectivity index (χ1v) is 6.04. The van der Waals surface area contributed by atoms with Crippen molar-refractivity contribution in [2.24, 2.45) is 0 Å². The van der Waals surface area contributed by atoms with E-state index in [0.29, 0.717) is 0 Å². The Bertz CT molecular complexity index is 491. The number of aromatic nitrogens is 3. The van der Waals surface area contributed by atoms with Crippen LogP contribution in [0.15, 0.2) is 18.6 Å². The van der Waals surface area contributed by atoms with Gasteiger partial charge in [0.15, 0.2) is 5.65 Å². The molecule has 0 amide bonds. The molecule has 0 atom stereocenters. The predicted octanol–water partition coefficient (Wildman–Crippen LogP) is 3.32. The summed E-state index contributed by atoms with van der Waals surface area (Å²) >= 11 is 0. The molecular formula is C14H21N3. The summed E-state index contributed by atoms with van der Waals surface area (Å²) in [6, 6.07) is 0. The van der Waals surface area contributed by atoms with Crippen LogP contribution < -0.4 is 0 Å². The maximum absolute atomic E-state index is 4.63. The summed E-state index contributed by atoms with van der Waals surface area (Å²) in [5, 5.41) is 0. The molecule has 0 saturated carbocycles. The Hall–Kier alpha value is -1.38. The minimum Gasteiger partial charge on any atom is -0.300 e. The van der Waals surface area contributed by atoms with Crippen molar-refractivity contribution in [3.8, 4) is 0 Å². The molecule has 0 spiro atoms. The van der Waals surface area contributed by atoms with Crippen LogP contribution >= 0.6 is 0 Å². The molecule has 17 heavy (non-hydrogen) atoms. The van der Waals surface area contributed by atoms with Gasteiger partial charge < -0.3 is 4.40 Å². The molecular weight excluding hydrogens is 210 g/mol. The van der Waals surface area contributed by atoms with Crippen LogP contribution in [0.1, 0.15) is 52.9 Å². The number of imidazole rings is 1. The second-order valence-electron chi connectivity index (χ2n) is 6.61. The normalized spacial score (nSPS) is 13.3. The van der Waals surface area contributed by atoms with Crippen molar-refractivity contribution in [2.45, 2.75) is 52.4 Å². The van der Waals surface area contributed by atoms with E-state index in [-0.39, 0.29) is 10.8 Å². The zero-order valence-electron chi connectivity index (χ0n) is 11.6. The van der Waals surface area contributed by atoms with Gasteiger partial charge in [-0.25, -0.2) is 4.98 Å². The highest BCUT2D eigenvalue weighted by Gasteiger charge is 2.24. The maximum Gasteiger partial charge on any atom is 0.159 e. The summed E-state index contributed by atoms with van der Waals surface area (Å²) < 4.78 is 2.16. The first-order chi connectivity index (χ1) is 7.71. The van der Waals surface area contributed by atoms with E-state index in [0.717, 1.165) is 11.3 Å². The Balaban J connectivity index is 2.76. The summed E-state index contributed by atoms with van der Waals surface area (Å²) in [5.41, 5.74) is 3.31. The molecule has 0 radical (unpaired) electrons. The lowest BCUT2D eigenvalue weighted by atomic mass is 9.89. The van der Waals surface area contributed by atoms with Crippen molar-refractivity contribution in [2.75, 3.05) is 0 Å². The number of rotatable bonds is 0. The second kappa shape index (κ2) is 3.56. The van der Waals surface area contributed by atoms with Crippen LogP contribution in [0.2, 0.25) is 0 Å². The van der Waals surface area contributed by atoms with Gasteiger partial charge in [0.2, 0.25) is 0 Å². The lowest BCUT2D eigenvalue weighted by Gasteiger charge is -2.24. The summed E-state index contributed by atoms with van der Waals surface area (Å²) in [5.74, 6) is 0. The van der Waals surface area contributed by atoms with Crippen LogP contribution in [-0.2, 0) is 10.8 Å². The average Bonchev–Trinajstić information content (AvgIpc) is 2.60. The summed E-state index contributed by atoms with van der Waals surface area (Å²) in [6.07, 6.45) is 5.85. The largest absolute Gasteiger partial charge is 0.300 e. The zero-order chi connectivity index (χ0) is 12.8. The standard InChI is InChI=1S/C14H21N3/c1-13(2,3)10-9-16-11(14(4,5)6)12-15-7-8-17(10)12/h7-9H,1-6H3.